The summed E-state index contributed by atoms with van der Waals surface area (Å²) in [5.74, 6) is -2.46. The van der Waals surface area contributed by atoms with Gasteiger partial charge in [-0.05, 0) is 43.3 Å². The number of ether oxygens (including phenoxy) is 1. The summed E-state index contributed by atoms with van der Waals surface area (Å²) in [5, 5.41) is 2.52. The molecule has 2 heterocycles. The maximum Gasteiger partial charge on any atom is 0.244 e. The Balaban J connectivity index is 1.76. The van der Waals surface area contributed by atoms with Gasteiger partial charge in [0.15, 0.2) is 5.78 Å². The second-order valence-electron chi connectivity index (χ2n) is 7.56. The summed E-state index contributed by atoms with van der Waals surface area (Å²) in [5.41, 5.74) is 0.136. The van der Waals surface area contributed by atoms with Crippen LogP contribution in [0.3, 0.4) is 0 Å². The first kappa shape index (κ1) is 22.8. The zero-order chi connectivity index (χ0) is 24.4. The number of carbonyl (C=O) groups is 2. The highest BCUT2D eigenvalue weighted by atomic mass is 19.1. The van der Waals surface area contributed by atoms with Crippen molar-refractivity contribution in [2.24, 2.45) is 0 Å². The van der Waals surface area contributed by atoms with Gasteiger partial charge < -0.3 is 14.6 Å². The molecular formula is C25H19F2N3O4. The summed E-state index contributed by atoms with van der Waals surface area (Å²) < 4.78 is 33.6. The van der Waals surface area contributed by atoms with E-state index < -0.39 is 28.8 Å². The number of methoxy groups -OCH3 is 1. The van der Waals surface area contributed by atoms with Gasteiger partial charge >= 0.3 is 0 Å². The Morgan fingerprint density at radius 2 is 1.88 bits per heavy atom. The average molecular weight is 463 g/mol. The molecule has 0 aliphatic carbocycles. The molecule has 4 aromatic rings. The number of halogens is 2. The van der Waals surface area contributed by atoms with Crippen LogP contribution in [0.4, 0.5) is 14.5 Å². The topological polar surface area (TPSA) is 90.3 Å². The number of nitrogens with one attached hydrogen (secondary N) is 1. The van der Waals surface area contributed by atoms with Gasteiger partial charge in [0.2, 0.25) is 11.3 Å². The summed E-state index contributed by atoms with van der Waals surface area (Å²) in [6, 6.07) is 12.3. The van der Waals surface area contributed by atoms with E-state index in [2.05, 4.69) is 10.3 Å². The lowest BCUT2D eigenvalue weighted by molar-refractivity contribution is -0.116. The Bertz CT molecular complexity index is 1500. The summed E-state index contributed by atoms with van der Waals surface area (Å²) >= 11 is 0. The molecule has 9 heteroatoms. The maximum absolute atomic E-state index is 14.0. The van der Waals surface area contributed by atoms with Crippen LogP contribution in [0.2, 0.25) is 0 Å². The Morgan fingerprint density at radius 3 is 2.62 bits per heavy atom. The molecule has 0 aliphatic heterocycles. The van der Waals surface area contributed by atoms with E-state index in [1.165, 1.54) is 30.0 Å². The lowest BCUT2D eigenvalue weighted by atomic mass is 10.0. The van der Waals surface area contributed by atoms with Gasteiger partial charge in [0, 0.05) is 23.5 Å². The van der Waals surface area contributed by atoms with Gasteiger partial charge in [-0.15, -0.1) is 0 Å². The van der Waals surface area contributed by atoms with Crippen LogP contribution in [-0.4, -0.2) is 28.4 Å². The van der Waals surface area contributed by atoms with Crippen LogP contribution in [0.5, 0.6) is 5.75 Å². The Morgan fingerprint density at radius 1 is 1.09 bits per heavy atom. The van der Waals surface area contributed by atoms with Crippen molar-refractivity contribution in [1.82, 2.24) is 9.55 Å². The number of aromatic nitrogens is 2. The van der Waals surface area contributed by atoms with Crippen LogP contribution in [0, 0.1) is 18.6 Å². The number of amides is 1. The van der Waals surface area contributed by atoms with Crippen molar-refractivity contribution in [2.75, 3.05) is 12.4 Å². The van der Waals surface area contributed by atoms with E-state index in [1.54, 1.807) is 31.2 Å². The summed E-state index contributed by atoms with van der Waals surface area (Å²) in [4.78, 5) is 43.3. The minimum absolute atomic E-state index is 0.153. The molecule has 1 amide bonds. The molecule has 1 N–H and O–H groups in total. The van der Waals surface area contributed by atoms with Gasteiger partial charge in [-0.3, -0.25) is 14.4 Å². The fourth-order valence-corrected chi connectivity index (χ4v) is 3.50. The number of hydrogen-bond donors (Lipinski definition) is 1. The number of fused-ring (bicyclic) bond motifs is 1. The Hall–Kier alpha value is -4.40. The van der Waals surface area contributed by atoms with Gasteiger partial charge in [-0.2, -0.15) is 0 Å². The van der Waals surface area contributed by atoms with Crippen molar-refractivity contribution in [3.8, 4) is 5.75 Å². The SMILES string of the molecule is COc1cccc(C(=O)c2cn(CC(=O)Nc3ccc(F)cc3F)c3nc(C)ccc3c2=O)c1. The fraction of sp³-hybridized carbons (Fsp3) is 0.120. The van der Waals surface area contributed by atoms with Crippen molar-refractivity contribution >= 4 is 28.4 Å². The highest BCUT2D eigenvalue weighted by molar-refractivity contribution is 6.10. The van der Waals surface area contributed by atoms with Crippen LogP contribution < -0.4 is 15.5 Å². The smallest absolute Gasteiger partial charge is 0.244 e. The molecule has 0 spiro atoms. The van der Waals surface area contributed by atoms with Gasteiger partial charge in [0.05, 0.1) is 23.7 Å². The molecule has 2 aromatic heterocycles. The van der Waals surface area contributed by atoms with Crippen LogP contribution in [-0.2, 0) is 11.3 Å². The van der Waals surface area contributed by atoms with E-state index in [0.717, 1.165) is 12.1 Å². The molecular weight excluding hydrogens is 444 g/mol. The molecule has 0 radical (unpaired) electrons. The lowest BCUT2D eigenvalue weighted by Crippen LogP contribution is -2.25. The molecule has 0 fully saturated rings. The van der Waals surface area contributed by atoms with Crippen LogP contribution in [0.1, 0.15) is 21.6 Å². The largest absolute Gasteiger partial charge is 0.497 e. The number of rotatable bonds is 6. The zero-order valence-corrected chi connectivity index (χ0v) is 18.3. The number of hydrogen-bond acceptors (Lipinski definition) is 5. The van der Waals surface area contributed by atoms with Crippen molar-refractivity contribution in [3.63, 3.8) is 0 Å². The van der Waals surface area contributed by atoms with Crippen LogP contribution >= 0.6 is 0 Å². The normalized spacial score (nSPS) is 10.8. The number of pyridine rings is 2. The number of carbonyl (C=O) groups excluding carboxylic acids is 2. The highest BCUT2D eigenvalue weighted by Crippen LogP contribution is 2.19. The molecule has 0 bridgehead atoms. The Labute approximate surface area is 192 Å². The predicted molar refractivity (Wildman–Crippen MR) is 122 cm³/mol. The third-order valence-electron chi connectivity index (χ3n) is 5.16. The molecule has 0 atom stereocenters. The molecule has 0 aliphatic rings. The summed E-state index contributed by atoms with van der Waals surface area (Å²) in [6.45, 7) is 1.35. The third-order valence-corrected chi connectivity index (χ3v) is 5.16. The van der Waals surface area contributed by atoms with Crippen LogP contribution in [0.25, 0.3) is 11.0 Å². The Kier molecular flexibility index (Phi) is 6.18. The van der Waals surface area contributed by atoms with Gasteiger partial charge in [-0.25, -0.2) is 13.8 Å². The predicted octanol–water partition coefficient (Wildman–Crippen LogP) is 3.86. The van der Waals surface area contributed by atoms with E-state index in [9.17, 15) is 23.2 Å². The lowest BCUT2D eigenvalue weighted by Gasteiger charge is -2.14. The second-order valence-corrected chi connectivity index (χ2v) is 7.56. The third kappa shape index (κ3) is 4.54. The first-order valence-electron chi connectivity index (χ1n) is 10.2. The molecule has 172 valence electrons. The standard InChI is InChI=1S/C25H19F2N3O4/c1-14-6-8-18-24(33)19(23(32)15-4-3-5-17(10-15)34-2)12-30(25(18)28-14)13-22(31)29-21-9-7-16(26)11-20(21)27/h3-12H,13H2,1-2H3,(H,29,31). The van der Waals surface area contributed by atoms with Gasteiger partial charge in [0.25, 0.3) is 0 Å². The highest BCUT2D eigenvalue weighted by Gasteiger charge is 2.20. The quantitative estimate of drug-likeness (QED) is 0.439. The molecule has 2 aromatic carbocycles. The van der Waals surface area contributed by atoms with E-state index in [-0.39, 0.29) is 34.4 Å². The molecule has 0 saturated carbocycles. The molecule has 0 saturated heterocycles. The minimum Gasteiger partial charge on any atom is -0.497 e. The number of benzene rings is 2. The van der Waals surface area contributed by atoms with Crippen molar-refractivity contribution < 1.29 is 23.1 Å². The van der Waals surface area contributed by atoms with E-state index in [0.29, 0.717) is 17.5 Å². The molecule has 34 heavy (non-hydrogen) atoms. The average Bonchev–Trinajstić information content (AvgIpc) is 2.82. The van der Waals surface area contributed by atoms with Gasteiger partial charge in [-0.1, -0.05) is 12.1 Å². The maximum atomic E-state index is 14.0. The number of anilines is 1. The zero-order valence-electron chi connectivity index (χ0n) is 18.3. The summed E-state index contributed by atoms with van der Waals surface area (Å²) in [7, 11) is 1.46. The van der Waals surface area contributed by atoms with E-state index in [4.69, 9.17) is 4.74 Å². The van der Waals surface area contributed by atoms with Crippen LogP contribution in [0.15, 0.2) is 65.6 Å². The molecule has 0 unspecified atom stereocenters. The summed E-state index contributed by atoms with van der Waals surface area (Å²) in [6.07, 6.45) is 1.26. The van der Waals surface area contributed by atoms with E-state index >= 15 is 0 Å². The number of ketones is 1. The van der Waals surface area contributed by atoms with Gasteiger partial charge in [0.1, 0.15) is 29.6 Å². The monoisotopic (exact) mass is 463 g/mol. The first-order chi connectivity index (χ1) is 16.3. The van der Waals surface area contributed by atoms with Crippen molar-refractivity contribution in [3.05, 3.63) is 99.5 Å². The first-order valence-corrected chi connectivity index (χ1v) is 10.2. The second kappa shape index (κ2) is 9.22. The minimum atomic E-state index is -0.930. The van der Waals surface area contributed by atoms with Crippen molar-refractivity contribution in [2.45, 2.75) is 13.5 Å². The molecule has 4 rings (SSSR count). The number of nitrogens with zero attached hydrogens (tertiary/aromatic N) is 2. The fourth-order valence-electron chi connectivity index (χ4n) is 3.50. The number of aryl methyl sites for hydroxylation is 1. The van der Waals surface area contributed by atoms with Crippen molar-refractivity contribution in [1.29, 1.82) is 0 Å². The van der Waals surface area contributed by atoms with E-state index in [1.807, 2.05) is 0 Å². The molecule has 7 nitrogen and oxygen atoms in total.